The van der Waals surface area contributed by atoms with E-state index < -0.39 is 12.6 Å². The molecule has 3 rings (SSSR count). The highest BCUT2D eigenvalue weighted by Crippen LogP contribution is 2.32. The standard InChI is InChI=1S/C20H20FNO4/c1-11-7-14(8-12(2)19(11)26-10-18(23)24)20(25)22-17-6-3-13-9-15(21)4-5-16(13)17/h4-5,7-9,17H,3,6,10H2,1-2H3,(H,22,25)(H,23,24). The lowest BCUT2D eigenvalue weighted by Crippen LogP contribution is -2.27. The maximum atomic E-state index is 13.3. The first kappa shape index (κ1) is 17.9. The van der Waals surface area contributed by atoms with Crippen LogP contribution in [-0.4, -0.2) is 23.6 Å². The van der Waals surface area contributed by atoms with Crippen LogP contribution in [0.4, 0.5) is 4.39 Å². The molecule has 26 heavy (non-hydrogen) atoms. The van der Waals surface area contributed by atoms with Crippen LogP contribution in [-0.2, 0) is 11.2 Å². The van der Waals surface area contributed by atoms with E-state index >= 15 is 0 Å². The number of carboxylic acid groups (broad SMARTS) is 1. The smallest absolute Gasteiger partial charge is 0.341 e. The minimum absolute atomic E-state index is 0.137. The third-order valence-electron chi connectivity index (χ3n) is 4.55. The number of rotatable bonds is 5. The molecular formula is C20H20FNO4. The van der Waals surface area contributed by atoms with Crippen molar-refractivity contribution in [1.82, 2.24) is 5.32 Å². The van der Waals surface area contributed by atoms with Gasteiger partial charge in [0.2, 0.25) is 0 Å². The predicted octanol–water partition coefficient (Wildman–Crippen LogP) is 3.32. The first-order valence-corrected chi connectivity index (χ1v) is 8.40. The summed E-state index contributed by atoms with van der Waals surface area (Å²) >= 11 is 0. The quantitative estimate of drug-likeness (QED) is 0.861. The highest BCUT2D eigenvalue weighted by molar-refractivity contribution is 5.95. The Morgan fingerprint density at radius 1 is 1.23 bits per heavy atom. The number of carbonyl (C=O) groups is 2. The second-order valence-electron chi connectivity index (χ2n) is 6.53. The third kappa shape index (κ3) is 3.69. The Hall–Kier alpha value is -2.89. The molecule has 0 aromatic heterocycles. The summed E-state index contributed by atoms with van der Waals surface area (Å²) in [7, 11) is 0. The van der Waals surface area contributed by atoms with Crippen LogP contribution >= 0.6 is 0 Å². The summed E-state index contributed by atoms with van der Waals surface area (Å²) in [6.07, 6.45) is 1.47. The maximum absolute atomic E-state index is 13.3. The predicted molar refractivity (Wildman–Crippen MR) is 94.0 cm³/mol. The van der Waals surface area contributed by atoms with Gasteiger partial charge in [-0.3, -0.25) is 4.79 Å². The van der Waals surface area contributed by atoms with Crippen molar-refractivity contribution in [2.45, 2.75) is 32.7 Å². The van der Waals surface area contributed by atoms with Crippen molar-refractivity contribution in [3.63, 3.8) is 0 Å². The summed E-state index contributed by atoms with van der Waals surface area (Å²) in [4.78, 5) is 23.3. The number of halogens is 1. The largest absolute Gasteiger partial charge is 0.481 e. The van der Waals surface area contributed by atoms with Crippen molar-refractivity contribution in [2.24, 2.45) is 0 Å². The number of hydrogen-bond donors (Lipinski definition) is 2. The number of ether oxygens (including phenoxy) is 1. The van der Waals surface area contributed by atoms with E-state index in [-0.39, 0.29) is 17.8 Å². The molecule has 0 saturated heterocycles. The van der Waals surface area contributed by atoms with E-state index in [0.717, 1.165) is 24.0 Å². The van der Waals surface area contributed by atoms with E-state index in [2.05, 4.69) is 5.32 Å². The normalized spacial score (nSPS) is 15.4. The van der Waals surface area contributed by atoms with E-state index in [1.807, 2.05) is 0 Å². The van der Waals surface area contributed by atoms with Crippen LogP contribution < -0.4 is 10.1 Å². The molecule has 5 nitrogen and oxygen atoms in total. The molecule has 0 radical (unpaired) electrons. The van der Waals surface area contributed by atoms with Crippen LogP contribution in [0.1, 0.15) is 45.1 Å². The number of fused-ring (bicyclic) bond motifs is 1. The molecule has 1 atom stereocenters. The molecule has 0 aliphatic heterocycles. The molecule has 0 bridgehead atoms. The number of carboxylic acids is 1. The van der Waals surface area contributed by atoms with Gasteiger partial charge in [-0.15, -0.1) is 0 Å². The van der Waals surface area contributed by atoms with Gasteiger partial charge in [0.25, 0.3) is 5.91 Å². The zero-order chi connectivity index (χ0) is 18.8. The second-order valence-corrected chi connectivity index (χ2v) is 6.53. The zero-order valence-electron chi connectivity index (χ0n) is 14.6. The van der Waals surface area contributed by atoms with Crippen molar-refractivity contribution in [2.75, 3.05) is 6.61 Å². The topological polar surface area (TPSA) is 75.6 Å². The number of aliphatic carboxylic acids is 1. The highest BCUT2D eigenvalue weighted by Gasteiger charge is 2.25. The molecule has 0 saturated carbocycles. The van der Waals surface area contributed by atoms with Crippen molar-refractivity contribution < 1.29 is 23.8 Å². The summed E-state index contributed by atoms with van der Waals surface area (Å²) in [6, 6.07) is 7.88. The average molecular weight is 357 g/mol. The first-order chi connectivity index (χ1) is 12.3. The molecule has 0 fully saturated rings. The van der Waals surface area contributed by atoms with E-state index in [9.17, 15) is 14.0 Å². The summed E-state index contributed by atoms with van der Waals surface area (Å²) < 4.78 is 18.6. The fraction of sp³-hybridized carbons (Fsp3) is 0.300. The fourth-order valence-electron chi connectivity index (χ4n) is 3.42. The molecule has 2 aromatic rings. The van der Waals surface area contributed by atoms with Crippen LogP contribution in [0.3, 0.4) is 0 Å². The Morgan fingerprint density at radius 3 is 2.58 bits per heavy atom. The third-order valence-corrected chi connectivity index (χ3v) is 4.55. The number of benzene rings is 2. The lowest BCUT2D eigenvalue weighted by Gasteiger charge is -2.16. The molecule has 0 heterocycles. The lowest BCUT2D eigenvalue weighted by atomic mass is 10.0. The summed E-state index contributed by atoms with van der Waals surface area (Å²) in [5.74, 6) is -1.06. The second kappa shape index (κ2) is 7.15. The fourth-order valence-corrected chi connectivity index (χ4v) is 3.42. The van der Waals surface area contributed by atoms with Gasteiger partial charge >= 0.3 is 5.97 Å². The van der Waals surface area contributed by atoms with Gasteiger partial charge in [0, 0.05) is 5.56 Å². The summed E-state index contributed by atoms with van der Waals surface area (Å²) in [5.41, 5.74) is 3.77. The van der Waals surface area contributed by atoms with Crippen LogP contribution in [0.2, 0.25) is 0 Å². The van der Waals surface area contributed by atoms with E-state index in [1.54, 1.807) is 32.0 Å². The van der Waals surface area contributed by atoms with E-state index in [1.165, 1.54) is 12.1 Å². The summed E-state index contributed by atoms with van der Waals surface area (Å²) in [6.45, 7) is 3.12. The minimum Gasteiger partial charge on any atom is -0.481 e. The van der Waals surface area contributed by atoms with Gasteiger partial charge in [0.15, 0.2) is 6.61 Å². The van der Waals surface area contributed by atoms with Gasteiger partial charge in [0.1, 0.15) is 11.6 Å². The van der Waals surface area contributed by atoms with Gasteiger partial charge in [-0.2, -0.15) is 0 Å². The van der Waals surface area contributed by atoms with Crippen molar-refractivity contribution in [1.29, 1.82) is 0 Å². The Morgan fingerprint density at radius 2 is 1.92 bits per heavy atom. The number of carbonyl (C=O) groups excluding carboxylic acids is 1. The SMILES string of the molecule is Cc1cc(C(=O)NC2CCc3cc(F)ccc32)cc(C)c1OCC(=O)O. The Balaban J connectivity index is 1.76. The molecule has 2 aromatic carbocycles. The molecule has 1 aliphatic rings. The van der Waals surface area contributed by atoms with Crippen molar-refractivity contribution in [3.05, 3.63) is 64.0 Å². The molecule has 1 unspecified atom stereocenters. The van der Waals surface area contributed by atoms with Crippen LogP contribution in [0.5, 0.6) is 5.75 Å². The molecule has 6 heteroatoms. The van der Waals surface area contributed by atoms with Crippen molar-refractivity contribution in [3.8, 4) is 5.75 Å². The van der Waals surface area contributed by atoms with Gasteiger partial charge in [0.05, 0.1) is 6.04 Å². The van der Waals surface area contributed by atoms with Crippen LogP contribution in [0.25, 0.3) is 0 Å². The summed E-state index contributed by atoms with van der Waals surface area (Å²) in [5, 5.41) is 11.7. The molecule has 2 N–H and O–H groups in total. The van der Waals surface area contributed by atoms with Crippen LogP contribution in [0.15, 0.2) is 30.3 Å². The first-order valence-electron chi connectivity index (χ1n) is 8.40. The molecular weight excluding hydrogens is 337 g/mol. The maximum Gasteiger partial charge on any atom is 0.341 e. The van der Waals surface area contributed by atoms with Gasteiger partial charge in [-0.05, 0) is 73.2 Å². The Bertz CT molecular complexity index is 855. The molecule has 0 spiro atoms. The monoisotopic (exact) mass is 357 g/mol. The number of nitrogens with one attached hydrogen (secondary N) is 1. The molecule has 1 aliphatic carbocycles. The van der Waals surface area contributed by atoms with Crippen molar-refractivity contribution >= 4 is 11.9 Å². The number of amides is 1. The number of hydrogen-bond acceptors (Lipinski definition) is 3. The highest BCUT2D eigenvalue weighted by atomic mass is 19.1. The van der Waals surface area contributed by atoms with E-state index in [0.29, 0.717) is 22.4 Å². The zero-order valence-corrected chi connectivity index (χ0v) is 14.6. The average Bonchev–Trinajstić information content (AvgIpc) is 2.95. The van der Waals surface area contributed by atoms with Gasteiger partial charge < -0.3 is 15.2 Å². The minimum atomic E-state index is -1.05. The lowest BCUT2D eigenvalue weighted by molar-refractivity contribution is -0.139. The molecule has 136 valence electrons. The number of aryl methyl sites for hydroxylation is 3. The Kier molecular flexibility index (Phi) is 4.93. The van der Waals surface area contributed by atoms with E-state index in [4.69, 9.17) is 9.84 Å². The van der Waals surface area contributed by atoms with Gasteiger partial charge in [-0.1, -0.05) is 6.07 Å². The Labute approximate surface area is 150 Å². The van der Waals surface area contributed by atoms with Gasteiger partial charge in [-0.25, -0.2) is 9.18 Å². The van der Waals surface area contributed by atoms with Crippen LogP contribution in [0, 0.1) is 19.7 Å². The molecule has 1 amide bonds.